The third-order valence-corrected chi connectivity index (χ3v) is 2.82. The van der Waals surface area contributed by atoms with Gasteiger partial charge < -0.3 is 5.32 Å². The van der Waals surface area contributed by atoms with E-state index in [2.05, 4.69) is 31.2 Å². The summed E-state index contributed by atoms with van der Waals surface area (Å²) < 4.78 is 0.560. The number of benzene rings is 1. The Morgan fingerprint density at radius 3 is 2.33 bits per heavy atom. The van der Waals surface area contributed by atoms with Crippen molar-refractivity contribution in [3.8, 4) is 0 Å². The molecule has 0 atom stereocenters. The summed E-state index contributed by atoms with van der Waals surface area (Å²) in [6.45, 7) is 0. The highest BCUT2D eigenvalue weighted by Gasteiger charge is 2.09. The van der Waals surface area contributed by atoms with E-state index in [1.54, 1.807) is 18.2 Å². The van der Waals surface area contributed by atoms with Gasteiger partial charge in [-0.3, -0.25) is 4.79 Å². The van der Waals surface area contributed by atoms with Crippen molar-refractivity contribution < 1.29 is 4.79 Å². The van der Waals surface area contributed by atoms with Gasteiger partial charge in [-0.2, -0.15) is 0 Å². The van der Waals surface area contributed by atoms with Crippen LogP contribution in [0.2, 0.25) is 10.0 Å². The zero-order valence-electron chi connectivity index (χ0n) is 8.82. The lowest BCUT2D eigenvalue weighted by Gasteiger charge is -2.05. The largest absolute Gasteiger partial charge is 0.321 e. The molecule has 0 aliphatic rings. The van der Waals surface area contributed by atoms with Crippen LogP contribution >= 0.6 is 39.1 Å². The normalized spacial score (nSPS) is 10.2. The maximum atomic E-state index is 11.8. The maximum absolute atomic E-state index is 11.8. The SMILES string of the molecule is O=C(Nc1cc(Cl)cc(Cl)c1)c1cnc(Br)cn1. The van der Waals surface area contributed by atoms with Gasteiger partial charge in [-0.1, -0.05) is 23.2 Å². The Morgan fingerprint density at radius 2 is 1.78 bits per heavy atom. The molecule has 0 spiro atoms. The highest BCUT2D eigenvalue weighted by atomic mass is 79.9. The molecule has 18 heavy (non-hydrogen) atoms. The van der Waals surface area contributed by atoms with E-state index < -0.39 is 0 Å². The number of carbonyl (C=O) groups excluding carboxylic acids is 1. The molecule has 0 fully saturated rings. The molecule has 1 aromatic heterocycles. The lowest BCUT2D eigenvalue weighted by molar-refractivity contribution is 0.102. The van der Waals surface area contributed by atoms with Gasteiger partial charge in [0, 0.05) is 15.7 Å². The third-order valence-electron chi connectivity index (χ3n) is 1.97. The van der Waals surface area contributed by atoms with Crippen molar-refractivity contribution in [3.05, 3.63) is 50.9 Å². The topological polar surface area (TPSA) is 54.9 Å². The molecule has 1 amide bonds. The van der Waals surface area contributed by atoms with Crippen LogP contribution < -0.4 is 5.32 Å². The number of halogens is 3. The molecule has 2 rings (SSSR count). The summed E-state index contributed by atoms with van der Waals surface area (Å²) in [6, 6.07) is 4.77. The molecule has 7 heteroatoms. The molecule has 1 aromatic carbocycles. The number of nitrogens with one attached hydrogen (secondary N) is 1. The van der Waals surface area contributed by atoms with E-state index in [1.165, 1.54) is 12.4 Å². The maximum Gasteiger partial charge on any atom is 0.275 e. The second kappa shape index (κ2) is 5.65. The number of nitrogens with zero attached hydrogens (tertiary/aromatic N) is 2. The van der Waals surface area contributed by atoms with Crippen LogP contribution in [-0.4, -0.2) is 15.9 Å². The van der Waals surface area contributed by atoms with Crippen molar-refractivity contribution in [2.45, 2.75) is 0 Å². The third kappa shape index (κ3) is 3.41. The fourth-order valence-corrected chi connectivity index (χ4v) is 1.98. The smallest absolute Gasteiger partial charge is 0.275 e. The van der Waals surface area contributed by atoms with Gasteiger partial charge in [0.2, 0.25) is 0 Å². The van der Waals surface area contributed by atoms with Crippen molar-refractivity contribution in [1.29, 1.82) is 0 Å². The van der Waals surface area contributed by atoms with E-state index in [0.717, 1.165) is 0 Å². The number of rotatable bonds is 2. The second-order valence-electron chi connectivity index (χ2n) is 3.34. The van der Waals surface area contributed by atoms with Crippen LogP contribution in [0.15, 0.2) is 35.2 Å². The van der Waals surface area contributed by atoms with E-state index in [9.17, 15) is 4.79 Å². The standard InChI is InChI=1S/C11H6BrCl2N3O/c12-10-5-15-9(4-16-10)11(18)17-8-2-6(13)1-7(14)3-8/h1-5H,(H,17,18). The van der Waals surface area contributed by atoms with Gasteiger partial charge in [0.25, 0.3) is 5.91 Å². The Labute approximate surface area is 121 Å². The number of amides is 1. The summed E-state index contributed by atoms with van der Waals surface area (Å²) in [5.41, 5.74) is 0.705. The lowest BCUT2D eigenvalue weighted by Crippen LogP contribution is -2.13. The van der Waals surface area contributed by atoms with Gasteiger partial charge in [0.1, 0.15) is 10.3 Å². The highest BCUT2D eigenvalue weighted by Crippen LogP contribution is 2.22. The van der Waals surface area contributed by atoms with E-state index in [4.69, 9.17) is 23.2 Å². The summed E-state index contributed by atoms with van der Waals surface area (Å²) in [7, 11) is 0. The number of anilines is 1. The Bertz CT molecular complexity index is 569. The molecular weight excluding hydrogens is 341 g/mol. The average molecular weight is 347 g/mol. The summed E-state index contributed by atoms with van der Waals surface area (Å²) >= 11 is 14.8. The number of hydrogen-bond acceptors (Lipinski definition) is 3. The molecule has 0 radical (unpaired) electrons. The van der Waals surface area contributed by atoms with Gasteiger partial charge in [-0.25, -0.2) is 9.97 Å². The van der Waals surface area contributed by atoms with Crippen molar-refractivity contribution in [2.24, 2.45) is 0 Å². The quantitative estimate of drug-likeness (QED) is 0.899. The van der Waals surface area contributed by atoms with Crippen molar-refractivity contribution >= 4 is 50.7 Å². The van der Waals surface area contributed by atoms with Gasteiger partial charge in [-0.15, -0.1) is 0 Å². The van der Waals surface area contributed by atoms with Crippen molar-refractivity contribution in [2.75, 3.05) is 5.32 Å². The van der Waals surface area contributed by atoms with Crippen LogP contribution in [-0.2, 0) is 0 Å². The van der Waals surface area contributed by atoms with Crippen LogP contribution in [0.5, 0.6) is 0 Å². The molecule has 0 saturated carbocycles. The van der Waals surface area contributed by atoms with Crippen LogP contribution in [0.1, 0.15) is 10.5 Å². The molecule has 1 heterocycles. The summed E-state index contributed by atoms with van der Waals surface area (Å²) in [4.78, 5) is 19.7. The molecule has 4 nitrogen and oxygen atoms in total. The van der Waals surface area contributed by atoms with Crippen LogP contribution in [0.25, 0.3) is 0 Å². The fourth-order valence-electron chi connectivity index (χ4n) is 1.25. The Hall–Kier alpha value is -1.17. The number of aromatic nitrogens is 2. The van der Waals surface area contributed by atoms with Crippen LogP contribution in [0.3, 0.4) is 0 Å². The molecule has 0 aliphatic carbocycles. The number of hydrogen-bond donors (Lipinski definition) is 1. The first-order valence-electron chi connectivity index (χ1n) is 4.79. The first kappa shape index (κ1) is 13.3. The Balaban J connectivity index is 2.18. The minimum Gasteiger partial charge on any atom is -0.321 e. The summed E-state index contributed by atoms with van der Waals surface area (Å²) in [6.07, 6.45) is 2.81. The van der Waals surface area contributed by atoms with Gasteiger partial charge >= 0.3 is 0 Å². The van der Waals surface area contributed by atoms with Crippen LogP contribution in [0.4, 0.5) is 5.69 Å². The minimum absolute atomic E-state index is 0.203. The lowest BCUT2D eigenvalue weighted by atomic mass is 10.3. The van der Waals surface area contributed by atoms with Gasteiger partial charge in [0.15, 0.2) is 0 Å². The summed E-state index contributed by atoms with van der Waals surface area (Å²) in [5, 5.41) is 3.52. The zero-order valence-corrected chi connectivity index (χ0v) is 11.9. The second-order valence-corrected chi connectivity index (χ2v) is 5.02. The fraction of sp³-hybridized carbons (Fsp3) is 0. The van der Waals surface area contributed by atoms with E-state index in [0.29, 0.717) is 20.3 Å². The van der Waals surface area contributed by atoms with Crippen molar-refractivity contribution in [3.63, 3.8) is 0 Å². The first-order valence-corrected chi connectivity index (χ1v) is 6.34. The molecule has 0 bridgehead atoms. The van der Waals surface area contributed by atoms with E-state index in [1.807, 2.05) is 0 Å². The molecular formula is C11H6BrCl2N3O. The monoisotopic (exact) mass is 345 g/mol. The van der Waals surface area contributed by atoms with Gasteiger partial charge in [0.05, 0.1) is 12.4 Å². The molecule has 0 unspecified atom stereocenters. The highest BCUT2D eigenvalue weighted by molar-refractivity contribution is 9.10. The van der Waals surface area contributed by atoms with Gasteiger partial charge in [-0.05, 0) is 34.1 Å². The molecule has 1 N–H and O–H groups in total. The molecule has 92 valence electrons. The minimum atomic E-state index is -0.381. The van der Waals surface area contributed by atoms with Crippen LogP contribution in [0, 0.1) is 0 Å². The molecule has 2 aromatic rings. The van der Waals surface area contributed by atoms with E-state index >= 15 is 0 Å². The average Bonchev–Trinajstić information content (AvgIpc) is 2.28. The summed E-state index contributed by atoms with van der Waals surface area (Å²) in [5.74, 6) is -0.381. The Kier molecular flexibility index (Phi) is 4.16. The van der Waals surface area contributed by atoms with E-state index in [-0.39, 0.29) is 11.6 Å². The predicted octanol–water partition coefficient (Wildman–Crippen LogP) is 3.80. The molecule has 0 saturated heterocycles. The first-order chi connectivity index (χ1) is 8.54. The Morgan fingerprint density at radius 1 is 1.11 bits per heavy atom. The zero-order chi connectivity index (χ0) is 13.1. The predicted molar refractivity (Wildman–Crippen MR) is 74.1 cm³/mol. The molecule has 0 aliphatic heterocycles. The van der Waals surface area contributed by atoms with Crippen molar-refractivity contribution in [1.82, 2.24) is 9.97 Å². The number of carbonyl (C=O) groups is 1.